The highest BCUT2D eigenvalue weighted by Crippen LogP contribution is 2.31. The normalized spacial score (nSPS) is 21.3. The molecule has 0 saturated carbocycles. The topological polar surface area (TPSA) is 63.4 Å². The van der Waals surface area contributed by atoms with Crippen LogP contribution in [0.4, 0.5) is 13.2 Å². The van der Waals surface area contributed by atoms with E-state index in [1.54, 1.807) is 0 Å². The quantitative estimate of drug-likeness (QED) is 0.924. The molecule has 0 spiro atoms. The summed E-state index contributed by atoms with van der Waals surface area (Å²) in [7, 11) is -3.73. The minimum Gasteiger partial charge on any atom is -0.330 e. The lowest BCUT2D eigenvalue weighted by Gasteiger charge is -2.17. The number of benzene rings is 1. The highest BCUT2D eigenvalue weighted by Gasteiger charge is 2.34. The van der Waals surface area contributed by atoms with Gasteiger partial charge in [0.15, 0.2) is 0 Å². The first-order chi connectivity index (χ1) is 9.25. The van der Waals surface area contributed by atoms with Crippen LogP contribution in [0.25, 0.3) is 0 Å². The van der Waals surface area contributed by atoms with Crippen molar-refractivity contribution in [3.63, 3.8) is 0 Å². The fourth-order valence-electron chi connectivity index (χ4n) is 2.17. The van der Waals surface area contributed by atoms with E-state index in [0.717, 1.165) is 24.3 Å². The first-order valence-corrected chi connectivity index (χ1v) is 7.56. The molecule has 112 valence electrons. The fraction of sp³-hybridized carbons (Fsp3) is 0.500. The van der Waals surface area contributed by atoms with E-state index in [9.17, 15) is 21.6 Å². The van der Waals surface area contributed by atoms with Gasteiger partial charge in [-0.25, -0.2) is 8.42 Å². The minimum absolute atomic E-state index is 0.110. The lowest BCUT2D eigenvalue weighted by Crippen LogP contribution is -2.30. The molecule has 1 fully saturated rings. The van der Waals surface area contributed by atoms with E-state index in [2.05, 4.69) is 0 Å². The Labute approximate surface area is 115 Å². The number of rotatable bonds is 3. The van der Waals surface area contributed by atoms with Crippen LogP contribution >= 0.6 is 0 Å². The molecule has 1 unspecified atom stereocenters. The number of hydrogen-bond acceptors (Lipinski definition) is 3. The molecular weight excluding hydrogens is 293 g/mol. The predicted molar refractivity (Wildman–Crippen MR) is 67.4 cm³/mol. The van der Waals surface area contributed by atoms with Gasteiger partial charge in [-0.05, 0) is 43.1 Å². The zero-order valence-corrected chi connectivity index (χ0v) is 11.4. The molecule has 4 nitrogen and oxygen atoms in total. The van der Waals surface area contributed by atoms with Crippen molar-refractivity contribution >= 4 is 10.0 Å². The molecular formula is C12H15F3N2O2S. The highest BCUT2D eigenvalue weighted by molar-refractivity contribution is 7.89. The van der Waals surface area contributed by atoms with Crippen LogP contribution in [0, 0.1) is 5.92 Å². The van der Waals surface area contributed by atoms with E-state index < -0.39 is 21.8 Å². The Morgan fingerprint density at radius 2 is 1.85 bits per heavy atom. The zero-order chi connectivity index (χ0) is 15.0. The number of alkyl halides is 3. The van der Waals surface area contributed by atoms with Crippen molar-refractivity contribution in [2.24, 2.45) is 11.7 Å². The third-order valence-electron chi connectivity index (χ3n) is 3.40. The Kier molecular flexibility index (Phi) is 4.08. The average molecular weight is 308 g/mol. The summed E-state index contributed by atoms with van der Waals surface area (Å²) in [6.07, 6.45) is -3.79. The molecule has 20 heavy (non-hydrogen) atoms. The zero-order valence-electron chi connectivity index (χ0n) is 10.6. The molecule has 1 aromatic carbocycles. The molecule has 0 radical (unpaired) electrons. The second kappa shape index (κ2) is 5.34. The van der Waals surface area contributed by atoms with Crippen molar-refractivity contribution in [1.82, 2.24) is 4.31 Å². The predicted octanol–water partition coefficient (Wildman–Crippen LogP) is 1.67. The Bertz CT molecular complexity index is 569. The molecule has 0 amide bonds. The van der Waals surface area contributed by atoms with Crippen LogP contribution in [0.5, 0.6) is 0 Å². The van der Waals surface area contributed by atoms with Crippen LogP contribution in [-0.4, -0.2) is 32.4 Å². The van der Waals surface area contributed by atoms with Crippen LogP contribution in [0.3, 0.4) is 0 Å². The maximum absolute atomic E-state index is 12.4. The molecule has 0 aliphatic carbocycles. The van der Waals surface area contributed by atoms with Crippen molar-refractivity contribution in [2.45, 2.75) is 17.5 Å². The molecule has 2 rings (SSSR count). The van der Waals surface area contributed by atoms with Gasteiger partial charge < -0.3 is 5.73 Å². The smallest absolute Gasteiger partial charge is 0.330 e. The maximum atomic E-state index is 12.4. The molecule has 1 aliphatic heterocycles. The van der Waals surface area contributed by atoms with E-state index in [4.69, 9.17) is 5.73 Å². The van der Waals surface area contributed by atoms with Gasteiger partial charge in [-0.1, -0.05) is 0 Å². The number of hydrogen-bond donors (Lipinski definition) is 1. The Morgan fingerprint density at radius 1 is 1.25 bits per heavy atom. The van der Waals surface area contributed by atoms with E-state index in [1.807, 2.05) is 0 Å². The van der Waals surface area contributed by atoms with Gasteiger partial charge in [0.2, 0.25) is 10.0 Å². The minimum atomic E-state index is -4.47. The average Bonchev–Trinajstić information content (AvgIpc) is 2.87. The van der Waals surface area contributed by atoms with E-state index in [-0.39, 0.29) is 10.8 Å². The Hall–Kier alpha value is -1.12. The van der Waals surface area contributed by atoms with Crippen molar-refractivity contribution in [3.8, 4) is 0 Å². The summed E-state index contributed by atoms with van der Waals surface area (Å²) in [6, 6.07) is 3.55. The monoisotopic (exact) mass is 308 g/mol. The lowest BCUT2D eigenvalue weighted by molar-refractivity contribution is -0.137. The molecule has 2 N–H and O–H groups in total. The molecule has 1 atom stereocenters. The number of sulfonamides is 1. The molecule has 0 aromatic heterocycles. The molecule has 1 aliphatic rings. The standard InChI is InChI=1S/C12H15F3N2O2S/c13-12(14,15)10-1-3-11(4-2-10)20(18,19)17-6-5-9(7-16)8-17/h1-4,9H,5-8,16H2. The second-order valence-electron chi connectivity index (χ2n) is 4.78. The molecule has 1 heterocycles. The Morgan fingerprint density at radius 3 is 2.30 bits per heavy atom. The van der Waals surface area contributed by atoms with Gasteiger partial charge in [0.05, 0.1) is 10.5 Å². The van der Waals surface area contributed by atoms with Crippen LogP contribution in [0.1, 0.15) is 12.0 Å². The highest BCUT2D eigenvalue weighted by atomic mass is 32.2. The molecule has 1 saturated heterocycles. The first kappa shape index (κ1) is 15.3. The number of nitrogens with two attached hydrogens (primary N) is 1. The van der Waals surface area contributed by atoms with Gasteiger partial charge >= 0.3 is 6.18 Å². The second-order valence-corrected chi connectivity index (χ2v) is 6.71. The van der Waals surface area contributed by atoms with E-state index >= 15 is 0 Å². The summed E-state index contributed by atoms with van der Waals surface area (Å²) in [6.45, 7) is 1.07. The lowest BCUT2D eigenvalue weighted by atomic mass is 10.1. The summed E-state index contributed by atoms with van der Waals surface area (Å²) in [5, 5.41) is 0. The van der Waals surface area contributed by atoms with Crippen molar-refractivity contribution in [3.05, 3.63) is 29.8 Å². The van der Waals surface area contributed by atoms with E-state index in [1.165, 1.54) is 4.31 Å². The van der Waals surface area contributed by atoms with Crippen LogP contribution < -0.4 is 5.73 Å². The fourth-order valence-corrected chi connectivity index (χ4v) is 3.70. The molecule has 1 aromatic rings. The van der Waals surface area contributed by atoms with Gasteiger partial charge in [-0.3, -0.25) is 0 Å². The van der Waals surface area contributed by atoms with Gasteiger partial charge in [0.1, 0.15) is 0 Å². The summed E-state index contributed by atoms with van der Waals surface area (Å²) in [5.41, 5.74) is 4.64. The summed E-state index contributed by atoms with van der Waals surface area (Å²) in [4.78, 5) is -0.122. The SMILES string of the molecule is NCC1CCN(S(=O)(=O)c2ccc(C(F)(F)F)cc2)C1. The van der Waals surface area contributed by atoms with E-state index in [0.29, 0.717) is 26.1 Å². The van der Waals surface area contributed by atoms with Crippen molar-refractivity contribution < 1.29 is 21.6 Å². The molecule has 0 bridgehead atoms. The van der Waals surface area contributed by atoms with Crippen molar-refractivity contribution in [2.75, 3.05) is 19.6 Å². The van der Waals surface area contributed by atoms with Crippen LogP contribution in [-0.2, 0) is 16.2 Å². The summed E-state index contributed by atoms with van der Waals surface area (Å²) < 4.78 is 63.1. The Balaban J connectivity index is 2.23. The first-order valence-electron chi connectivity index (χ1n) is 6.12. The largest absolute Gasteiger partial charge is 0.416 e. The third kappa shape index (κ3) is 2.97. The summed E-state index contributed by atoms with van der Waals surface area (Å²) in [5.74, 6) is 0.110. The maximum Gasteiger partial charge on any atom is 0.416 e. The van der Waals surface area contributed by atoms with Crippen LogP contribution in [0.2, 0.25) is 0 Å². The molecule has 8 heteroatoms. The van der Waals surface area contributed by atoms with Crippen molar-refractivity contribution in [1.29, 1.82) is 0 Å². The van der Waals surface area contributed by atoms with Gasteiger partial charge in [-0.2, -0.15) is 17.5 Å². The number of halogens is 3. The van der Waals surface area contributed by atoms with Gasteiger partial charge in [-0.15, -0.1) is 0 Å². The van der Waals surface area contributed by atoms with Crippen LogP contribution in [0.15, 0.2) is 29.2 Å². The third-order valence-corrected chi connectivity index (χ3v) is 5.28. The number of nitrogens with zero attached hydrogens (tertiary/aromatic N) is 1. The summed E-state index contributed by atoms with van der Waals surface area (Å²) >= 11 is 0. The van der Waals surface area contributed by atoms with Gasteiger partial charge in [0.25, 0.3) is 0 Å². The van der Waals surface area contributed by atoms with Gasteiger partial charge in [0, 0.05) is 13.1 Å².